The van der Waals surface area contributed by atoms with Crippen molar-refractivity contribution in [2.24, 2.45) is 0 Å². The van der Waals surface area contributed by atoms with E-state index in [0.717, 1.165) is 27.4 Å². The van der Waals surface area contributed by atoms with Crippen LogP contribution in [-0.2, 0) is 6.54 Å². The smallest absolute Gasteiger partial charge is 0.243 e. The molecule has 0 aliphatic heterocycles. The zero-order valence-electron chi connectivity index (χ0n) is 11.8. The van der Waals surface area contributed by atoms with E-state index < -0.39 is 0 Å². The van der Waals surface area contributed by atoms with Crippen molar-refractivity contribution in [3.05, 3.63) is 46.0 Å². The highest BCUT2D eigenvalue weighted by Crippen LogP contribution is 2.28. The monoisotopic (exact) mass is 365 g/mol. The molecule has 0 atom stereocenters. The van der Waals surface area contributed by atoms with E-state index in [0.29, 0.717) is 11.9 Å². The summed E-state index contributed by atoms with van der Waals surface area (Å²) >= 11 is 5.03. The van der Waals surface area contributed by atoms with E-state index in [9.17, 15) is 0 Å². The summed E-state index contributed by atoms with van der Waals surface area (Å²) < 4.78 is 9.06. The van der Waals surface area contributed by atoms with Crippen molar-refractivity contribution in [2.45, 2.75) is 26.4 Å². The molecule has 0 spiro atoms. The minimum atomic E-state index is 0.412. The summed E-state index contributed by atoms with van der Waals surface area (Å²) in [5.41, 5.74) is 1.04. The van der Waals surface area contributed by atoms with Gasteiger partial charge in [0.2, 0.25) is 5.88 Å². The Morgan fingerprint density at radius 1 is 1.33 bits per heavy atom. The van der Waals surface area contributed by atoms with E-state index in [-0.39, 0.29) is 0 Å². The number of aromatic nitrogens is 2. The van der Waals surface area contributed by atoms with Crippen molar-refractivity contribution in [2.75, 3.05) is 0 Å². The Hall–Kier alpha value is -1.37. The number of fused-ring (bicyclic) bond motifs is 1. The predicted molar refractivity (Wildman–Crippen MR) is 89.3 cm³/mol. The zero-order valence-corrected chi connectivity index (χ0v) is 14.2. The molecule has 6 heteroatoms. The molecule has 0 aliphatic carbocycles. The fourth-order valence-electron chi connectivity index (χ4n) is 1.97. The Kier molecular flexibility index (Phi) is 4.28. The lowest BCUT2D eigenvalue weighted by molar-refractivity contribution is 0.452. The van der Waals surface area contributed by atoms with Gasteiger partial charge in [-0.25, -0.2) is 0 Å². The maximum absolute atomic E-state index is 5.95. The molecular weight excluding hydrogens is 350 g/mol. The van der Waals surface area contributed by atoms with Crippen molar-refractivity contribution >= 4 is 32.2 Å². The fourth-order valence-corrected chi connectivity index (χ4v) is 2.96. The van der Waals surface area contributed by atoms with E-state index in [1.165, 1.54) is 0 Å². The van der Waals surface area contributed by atoms with E-state index in [4.69, 9.17) is 4.74 Å². The van der Waals surface area contributed by atoms with Gasteiger partial charge in [-0.05, 0) is 24.3 Å². The third-order valence-electron chi connectivity index (χ3n) is 3.03. The van der Waals surface area contributed by atoms with E-state index in [1.54, 1.807) is 11.3 Å². The molecule has 2 aromatic heterocycles. The van der Waals surface area contributed by atoms with Crippen molar-refractivity contribution in [3.63, 3.8) is 0 Å². The fraction of sp³-hybridized carbons (Fsp3) is 0.267. The second kappa shape index (κ2) is 6.17. The van der Waals surface area contributed by atoms with Gasteiger partial charge in [-0.3, -0.25) is 4.40 Å². The first kappa shape index (κ1) is 14.6. The SMILES string of the molecule is CC(C)NCc1c(Oc2ccc(Br)cc2)nc2sccn12. The highest BCUT2D eigenvalue weighted by atomic mass is 79.9. The molecule has 3 rings (SSSR count). The van der Waals surface area contributed by atoms with Crippen LogP contribution in [0.2, 0.25) is 0 Å². The third-order valence-corrected chi connectivity index (χ3v) is 4.32. The van der Waals surface area contributed by atoms with Crippen LogP contribution < -0.4 is 10.1 Å². The molecular formula is C15H16BrN3OS. The van der Waals surface area contributed by atoms with Crippen LogP contribution in [0.25, 0.3) is 4.96 Å². The molecule has 0 aliphatic rings. The first-order chi connectivity index (χ1) is 10.1. The molecule has 4 nitrogen and oxygen atoms in total. The molecule has 2 heterocycles. The number of halogens is 1. The van der Waals surface area contributed by atoms with Gasteiger partial charge >= 0.3 is 0 Å². The van der Waals surface area contributed by atoms with E-state index in [1.807, 2.05) is 35.8 Å². The standard InChI is InChI=1S/C15H16BrN3OS/c1-10(2)17-9-13-14(18-15-19(13)7-8-21-15)20-12-5-3-11(16)4-6-12/h3-8,10,17H,9H2,1-2H3. The summed E-state index contributed by atoms with van der Waals surface area (Å²) in [4.78, 5) is 5.52. The van der Waals surface area contributed by atoms with Gasteiger partial charge in [0.25, 0.3) is 0 Å². The third kappa shape index (κ3) is 3.28. The molecule has 0 fully saturated rings. The highest BCUT2D eigenvalue weighted by Gasteiger charge is 2.15. The highest BCUT2D eigenvalue weighted by molar-refractivity contribution is 9.10. The molecule has 3 aromatic rings. The van der Waals surface area contributed by atoms with Crippen LogP contribution in [-0.4, -0.2) is 15.4 Å². The van der Waals surface area contributed by atoms with Crippen LogP contribution >= 0.6 is 27.3 Å². The van der Waals surface area contributed by atoms with Crippen LogP contribution in [0.1, 0.15) is 19.5 Å². The number of imidazole rings is 1. The van der Waals surface area contributed by atoms with Crippen LogP contribution in [0.5, 0.6) is 11.6 Å². The number of ether oxygens (including phenoxy) is 1. The number of rotatable bonds is 5. The zero-order chi connectivity index (χ0) is 14.8. The van der Waals surface area contributed by atoms with Gasteiger partial charge in [-0.2, -0.15) is 4.98 Å². The van der Waals surface area contributed by atoms with Crippen molar-refractivity contribution in [1.82, 2.24) is 14.7 Å². The van der Waals surface area contributed by atoms with Gasteiger partial charge in [-0.15, -0.1) is 11.3 Å². The summed E-state index contributed by atoms with van der Waals surface area (Å²) in [6.07, 6.45) is 2.03. The molecule has 110 valence electrons. The maximum Gasteiger partial charge on any atom is 0.243 e. The van der Waals surface area contributed by atoms with Gasteiger partial charge in [0.05, 0.1) is 0 Å². The molecule has 0 saturated carbocycles. The Labute approximate surface area is 135 Å². The number of nitrogens with one attached hydrogen (secondary N) is 1. The largest absolute Gasteiger partial charge is 0.437 e. The summed E-state index contributed by atoms with van der Waals surface area (Å²) in [6.45, 7) is 4.98. The molecule has 1 N–H and O–H groups in total. The minimum absolute atomic E-state index is 0.412. The van der Waals surface area contributed by atoms with Gasteiger partial charge in [-0.1, -0.05) is 29.8 Å². The quantitative estimate of drug-likeness (QED) is 0.725. The number of nitrogens with zero attached hydrogens (tertiary/aromatic N) is 2. The van der Waals surface area contributed by atoms with Crippen LogP contribution in [0.4, 0.5) is 0 Å². The lowest BCUT2D eigenvalue weighted by atomic mass is 10.3. The summed E-state index contributed by atoms with van der Waals surface area (Å²) in [5.74, 6) is 1.45. The number of benzene rings is 1. The second-order valence-corrected chi connectivity index (χ2v) is 6.80. The second-order valence-electron chi connectivity index (χ2n) is 5.01. The van der Waals surface area contributed by atoms with E-state index in [2.05, 4.69) is 44.5 Å². The molecule has 21 heavy (non-hydrogen) atoms. The van der Waals surface area contributed by atoms with Gasteiger partial charge in [0.1, 0.15) is 11.4 Å². The lowest BCUT2D eigenvalue weighted by Crippen LogP contribution is -2.22. The Morgan fingerprint density at radius 2 is 2.10 bits per heavy atom. The maximum atomic E-state index is 5.95. The van der Waals surface area contributed by atoms with E-state index >= 15 is 0 Å². The molecule has 0 radical (unpaired) electrons. The van der Waals surface area contributed by atoms with Crippen LogP contribution in [0.3, 0.4) is 0 Å². The Morgan fingerprint density at radius 3 is 2.81 bits per heavy atom. The summed E-state index contributed by atoms with van der Waals surface area (Å²) in [7, 11) is 0. The van der Waals surface area contributed by atoms with Crippen molar-refractivity contribution in [3.8, 4) is 11.6 Å². The summed E-state index contributed by atoms with van der Waals surface area (Å²) in [6, 6.07) is 8.18. The first-order valence-corrected chi connectivity index (χ1v) is 8.42. The average Bonchev–Trinajstić information content (AvgIpc) is 3.00. The Bertz CT molecular complexity index is 733. The van der Waals surface area contributed by atoms with Gasteiger partial charge in [0.15, 0.2) is 4.96 Å². The number of hydrogen-bond acceptors (Lipinski definition) is 4. The molecule has 0 saturated heterocycles. The molecule has 1 aromatic carbocycles. The van der Waals surface area contributed by atoms with Gasteiger partial charge < -0.3 is 10.1 Å². The topological polar surface area (TPSA) is 38.6 Å². The first-order valence-electron chi connectivity index (χ1n) is 6.74. The van der Waals surface area contributed by atoms with Crippen molar-refractivity contribution in [1.29, 1.82) is 0 Å². The lowest BCUT2D eigenvalue weighted by Gasteiger charge is -2.09. The minimum Gasteiger partial charge on any atom is -0.437 e. The molecule has 0 unspecified atom stereocenters. The molecule has 0 amide bonds. The van der Waals surface area contributed by atoms with Crippen molar-refractivity contribution < 1.29 is 4.74 Å². The Balaban J connectivity index is 1.91. The normalized spacial score (nSPS) is 11.4. The summed E-state index contributed by atoms with van der Waals surface area (Å²) in [5, 5.41) is 5.45. The average molecular weight is 366 g/mol. The number of hydrogen-bond donors (Lipinski definition) is 1. The predicted octanol–water partition coefficient (Wildman–Crippen LogP) is 4.45. The van der Waals surface area contributed by atoms with Crippen LogP contribution in [0, 0.1) is 0 Å². The number of thiazole rings is 1. The molecule has 0 bridgehead atoms. The van der Waals surface area contributed by atoms with Crippen LogP contribution in [0.15, 0.2) is 40.3 Å². The van der Waals surface area contributed by atoms with Gasteiger partial charge in [0, 0.05) is 28.6 Å².